The highest BCUT2D eigenvalue weighted by Gasteiger charge is 2.36. The molecule has 4 rings (SSSR count). The molecule has 2 fully saturated rings. The molecule has 2 atom stereocenters. The van der Waals surface area contributed by atoms with Gasteiger partial charge in [0, 0.05) is 25.0 Å². The van der Waals surface area contributed by atoms with Crippen LogP contribution in [0.3, 0.4) is 0 Å². The van der Waals surface area contributed by atoms with Crippen LogP contribution in [-0.2, 0) is 6.54 Å². The van der Waals surface area contributed by atoms with Crippen LogP contribution < -0.4 is 10.6 Å². The third kappa shape index (κ3) is 1.88. The Hall–Kier alpha value is -1.61. The number of nitrogens with two attached hydrogens (primary N) is 1. The molecule has 0 amide bonds. The highest BCUT2D eigenvalue weighted by atomic mass is 15.2. The van der Waals surface area contributed by atoms with E-state index in [2.05, 4.69) is 35.2 Å². The van der Waals surface area contributed by atoms with Crippen molar-refractivity contribution in [2.75, 3.05) is 18.0 Å². The molecule has 104 valence electrons. The van der Waals surface area contributed by atoms with Crippen LogP contribution in [0, 0.1) is 11.8 Å². The molecule has 2 aliphatic rings. The van der Waals surface area contributed by atoms with Crippen LogP contribution in [0.1, 0.15) is 24.8 Å². The Morgan fingerprint density at radius 3 is 2.65 bits per heavy atom. The lowest BCUT2D eigenvalue weighted by Crippen LogP contribution is -2.22. The van der Waals surface area contributed by atoms with Gasteiger partial charge in [0.15, 0.2) is 0 Å². The van der Waals surface area contributed by atoms with Crippen molar-refractivity contribution >= 4 is 16.7 Å². The van der Waals surface area contributed by atoms with Crippen LogP contribution in [-0.4, -0.2) is 18.1 Å². The minimum atomic E-state index is 0.580. The maximum absolute atomic E-state index is 5.93. The van der Waals surface area contributed by atoms with E-state index < -0.39 is 0 Å². The largest absolute Gasteiger partial charge is 0.356 e. The second-order valence-corrected chi connectivity index (χ2v) is 6.22. The molecular formula is C17H21N3. The smallest absolute Gasteiger partial charge is 0.129 e. The van der Waals surface area contributed by atoms with Gasteiger partial charge in [0.2, 0.25) is 0 Å². The summed E-state index contributed by atoms with van der Waals surface area (Å²) in [5.41, 5.74) is 8.21. The number of anilines is 1. The van der Waals surface area contributed by atoms with Gasteiger partial charge in [0.25, 0.3) is 0 Å². The van der Waals surface area contributed by atoms with Crippen molar-refractivity contribution in [3.63, 3.8) is 0 Å². The van der Waals surface area contributed by atoms with E-state index >= 15 is 0 Å². The first kappa shape index (κ1) is 12.2. The number of nitrogens with zero attached hydrogens (tertiary/aromatic N) is 2. The van der Waals surface area contributed by atoms with Crippen LogP contribution in [0.2, 0.25) is 0 Å². The predicted octanol–water partition coefficient (Wildman–Crippen LogP) is 2.93. The minimum absolute atomic E-state index is 0.580. The fourth-order valence-electron chi connectivity index (χ4n) is 3.98. The zero-order valence-corrected chi connectivity index (χ0v) is 11.8. The van der Waals surface area contributed by atoms with Gasteiger partial charge >= 0.3 is 0 Å². The maximum Gasteiger partial charge on any atom is 0.129 e. The molecule has 0 bridgehead atoms. The fraction of sp³-hybridized carbons (Fsp3) is 0.471. The first-order chi connectivity index (χ1) is 9.85. The van der Waals surface area contributed by atoms with Crippen LogP contribution in [0.5, 0.6) is 0 Å². The summed E-state index contributed by atoms with van der Waals surface area (Å²) in [6, 6.07) is 10.5. The molecule has 0 radical (unpaired) electrons. The summed E-state index contributed by atoms with van der Waals surface area (Å²) in [6.07, 6.45) is 4.22. The number of hydrogen-bond acceptors (Lipinski definition) is 3. The highest BCUT2D eigenvalue weighted by Crippen LogP contribution is 2.39. The molecule has 3 heteroatoms. The highest BCUT2D eigenvalue weighted by molar-refractivity contribution is 5.84. The van der Waals surface area contributed by atoms with Crippen LogP contribution >= 0.6 is 0 Å². The Kier molecular flexibility index (Phi) is 2.88. The van der Waals surface area contributed by atoms with Gasteiger partial charge in [-0.1, -0.05) is 24.6 Å². The molecular weight excluding hydrogens is 246 g/mol. The van der Waals surface area contributed by atoms with E-state index in [1.165, 1.54) is 43.3 Å². The molecule has 20 heavy (non-hydrogen) atoms. The van der Waals surface area contributed by atoms with Crippen molar-refractivity contribution < 1.29 is 0 Å². The van der Waals surface area contributed by atoms with Gasteiger partial charge in [-0.25, -0.2) is 4.98 Å². The van der Waals surface area contributed by atoms with E-state index in [9.17, 15) is 0 Å². The lowest BCUT2D eigenvalue weighted by molar-refractivity contribution is 0.494. The topological polar surface area (TPSA) is 42.1 Å². The molecule has 0 spiro atoms. The van der Waals surface area contributed by atoms with E-state index in [1.807, 2.05) is 0 Å². The van der Waals surface area contributed by atoms with Crippen molar-refractivity contribution in [1.29, 1.82) is 0 Å². The lowest BCUT2D eigenvalue weighted by Gasteiger charge is -2.20. The molecule has 1 aromatic heterocycles. The molecule has 2 heterocycles. The summed E-state index contributed by atoms with van der Waals surface area (Å²) in [5, 5.41) is 1.19. The molecule has 2 N–H and O–H groups in total. The zero-order valence-electron chi connectivity index (χ0n) is 11.8. The average Bonchev–Trinajstić information content (AvgIpc) is 3.07. The van der Waals surface area contributed by atoms with Gasteiger partial charge in [0.05, 0.1) is 5.52 Å². The van der Waals surface area contributed by atoms with Crippen molar-refractivity contribution in [1.82, 2.24) is 4.98 Å². The van der Waals surface area contributed by atoms with Gasteiger partial charge in [0.1, 0.15) is 5.82 Å². The van der Waals surface area contributed by atoms with E-state index in [4.69, 9.17) is 10.7 Å². The van der Waals surface area contributed by atoms with Crippen LogP contribution in [0.15, 0.2) is 30.3 Å². The first-order valence-corrected chi connectivity index (χ1v) is 7.69. The Bertz CT molecular complexity index is 625. The predicted molar refractivity (Wildman–Crippen MR) is 82.7 cm³/mol. The van der Waals surface area contributed by atoms with Crippen molar-refractivity contribution in [3.05, 3.63) is 35.9 Å². The van der Waals surface area contributed by atoms with E-state index in [0.717, 1.165) is 23.2 Å². The number of fused-ring (bicyclic) bond motifs is 2. The zero-order chi connectivity index (χ0) is 13.5. The third-order valence-corrected chi connectivity index (χ3v) is 5.06. The number of rotatable bonds is 2. The lowest BCUT2D eigenvalue weighted by atomic mass is 10.0. The van der Waals surface area contributed by atoms with Gasteiger partial charge in [-0.3, -0.25) is 0 Å². The van der Waals surface area contributed by atoms with Crippen molar-refractivity contribution in [2.24, 2.45) is 17.6 Å². The van der Waals surface area contributed by atoms with E-state index in [0.29, 0.717) is 6.54 Å². The van der Waals surface area contributed by atoms with Gasteiger partial charge in [-0.2, -0.15) is 0 Å². The van der Waals surface area contributed by atoms with Gasteiger partial charge in [-0.15, -0.1) is 0 Å². The quantitative estimate of drug-likeness (QED) is 0.909. The normalized spacial score (nSPS) is 25.4. The Labute approximate surface area is 119 Å². The number of benzene rings is 1. The summed E-state index contributed by atoms with van der Waals surface area (Å²) >= 11 is 0. The van der Waals surface area contributed by atoms with E-state index in [-0.39, 0.29) is 0 Å². The summed E-state index contributed by atoms with van der Waals surface area (Å²) < 4.78 is 0. The molecule has 2 unspecified atom stereocenters. The monoisotopic (exact) mass is 267 g/mol. The standard InChI is InChI=1S/C17H21N3/c18-9-14-8-17(19-16-7-2-1-6-15(14)16)20-10-12-4-3-5-13(12)11-20/h1-2,6-8,12-13H,3-5,9-11,18H2. The Morgan fingerprint density at radius 1 is 1.15 bits per heavy atom. The molecule has 1 aromatic carbocycles. The SMILES string of the molecule is NCc1cc(N2CC3CCCC3C2)nc2ccccc12. The summed E-state index contributed by atoms with van der Waals surface area (Å²) in [7, 11) is 0. The Morgan fingerprint density at radius 2 is 1.90 bits per heavy atom. The fourth-order valence-corrected chi connectivity index (χ4v) is 3.98. The number of pyridine rings is 1. The minimum Gasteiger partial charge on any atom is -0.356 e. The molecule has 1 saturated heterocycles. The maximum atomic E-state index is 5.93. The number of para-hydroxylation sites is 1. The Balaban J connectivity index is 1.73. The summed E-state index contributed by atoms with van der Waals surface area (Å²) in [4.78, 5) is 7.34. The number of hydrogen-bond donors (Lipinski definition) is 1. The van der Waals surface area contributed by atoms with E-state index in [1.54, 1.807) is 0 Å². The summed E-state index contributed by atoms with van der Waals surface area (Å²) in [6.45, 7) is 2.94. The summed E-state index contributed by atoms with van der Waals surface area (Å²) in [5.74, 6) is 2.91. The third-order valence-electron chi connectivity index (χ3n) is 5.06. The average molecular weight is 267 g/mol. The van der Waals surface area contributed by atoms with Crippen LogP contribution in [0.4, 0.5) is 5.82 Å². The molecule has 3 nitrogen and oxygen atoms in total. The first-order valence-electron chi connectivity index (χ1n) is 7.69. The van der Waals surface area contributed by atoms with Crippen LogP contribution in [0.25, 0.3) is 10.9 Å². The second kappa shape index (κ2) is 4.74. The van der Waals surface area contributed by atoms with Crippen molar-refractivity contribution in [2.45, 2.75) is 25.8 Å². The molecule has 2 aromatic rings. The molecule has 1 aliphatic carbocycles. The van der Waals surface area contributed by atoms with Gasteiger partial charge in [-0.05, 0) is 42.4 Å². The second-order valence-electron chi connectivity index (χ2n) is 6.22. The van der Waals surface area contributed by atoms with Gasteiger partial charge < -0.3 is 10.6 Å². The molecule has 1 aliphatic heterocycles. The number of aromatic nitrogens is 1. The molecule has 1 saturated carbocycles. The van der Waals surface area contributed by atoms with Crippen molar-refractivity contribution in [3.8, 4) is 0 Å².